The molecule has 138 valence electrons. The molecule has 5 heterocycles. The van der Waals surface area contributed by atoms with Crippen LogP contribution in [0.4, 0.5) is 10.4 Å². The van der Waals surface area contributed by atoms with Crippen molar-refractivity contribution in [2.45, 2.75) is 32.2 Å². The number of H-pyrrole nitrogens is 1. The van der Waals surface area contributed by atoms with Gasteiger partial charge in [0, 0.05) is 30.8 Å². The topological polar surface area (TPSA) is 88.1 Å². The van der Waals surface area contributed by atoms with Gasteiger partial charge in [-0.1, -0.05) is 18.9 Å². The molecule has 0 fully saturated rings. The quantitative estimate of drug-likeness (QED) is 0.599. The highest BCUT2D eigenvalue weighted by atomic mass is 19.1. The lowest BCUT2D eigenvalue weighted by Gasteiger charge is -2.32. The van der Waals surface area contributed by atoms with Crippen molar-refractivity contribution in [2.75, 3.05) is 11.4 Å². The van der Waals surface area contributed by atoms with Crippen LogP contribution in [-0.4, -0.2) is 36.3 Å². The highest BCUT2D eigenvalue weighted by Crippen LogP contribution is 2.36. The molecule has 9 heteroatoms. The zero-order valence-electron chi connectivity index (χ0n) is 14.9. The molecule has 8 nitrogen and oxygen atoms in total. The number of imidazole rings is 1. The van der Waals surface area contributed by atoms with Gasteiger partial charge in [0.1, 0.15) is 17.4 Å². The van der Waals surface area contributed by atoms with E-state index in [-0.39, 0.29) is 17.8 Å². The number of aromatic nitrogens is 6. The van der Waals surface area contributed by atoms with Gasteiger partial charge in [-0.05, 0) is 18.2 Å². The molecule has 0 spiro atoms. The third-order valence-electron chi connectivity index (χ3n) is 4.84. The predicted octanol–water partition coefficient (Wildman–Crippen LogP) is 2.86. The first-order chi connectivity index (χ1) is 13.1. The predicted molar refractivity (Wildman–Crippen MR) is 95.0 cm³/mol. The van der Waals surface area contributed by atoms with Crippen LogP contribution in [0.1, 0.15) is 48.8 Å². The Balaban J connectivity index is 1.65. The summed E-state index contributed by atoms with van der Waals surface area (Å²) in [5.41, 5.74) is 2.98. The molecule has 0 amide bonds. The van der Waals surface area contributed by atoms with Crippen LogP contribution in [-0.2, 0) is 6.42 Å². The number of nitrogens with one attached hydrogen (secondary N) is 1. The molecule has 1 atom stereocenters. The minimum atomic E-state index is -0.334. The van der Waals surface area contributed by atoms with E-state index in [0.717, 1.165) is 17.8 Å². The van der Waals surface area contributed by atoms with Gasteiger partial charge >= 0.3 is 6.01 Å². The van der Waals surface area contributed by atoms with Crippen molar-refractivity contribution in [1.82, 2.24) is 29.8 Å². The van der Waals surface area contributed by atoms with Crippen LogP contribution in [0.25, 0.3) is 5.52 Å². The molecule has 4 aromatic rings. The van der Waals surface area contributed by atoms with E-state index in [1.54, 1.807) is 24.7 Å². The average molecular weight is 367 g/mol. The maximum atomic E-state index is 14.2. The molecule has 0 bridgehead atoms. The van der Waals surface area contributed by atoms with Crippen molar-refractivity contribution in [3.63, 3.8) is 0 Å². The normalized spacial score (nSPS) is 17.0. The fourth-order valence-electron chi connectivity index (χ4n) is 3.49. The summed E-state index contributed by atoms with van der Waals surface area (Å²) in [6.07, 6.45) is 4.17. The first-order valence-electron chi connectivity index (χ1n) is 8.88. The van der Waals surface area contributed by atoms with E-state index < -0.39 is 0 Å². The van der Waals surface area contributed by atoms with Crippen molar-refractivity contribution in [2.24, 2.45) is 0 Å². The smallest absolute Gasteiger partial charge is 0.319 e. The van der Waals surface area contributed by atoms with Gasteiger partial charge in [0.25, 0.3) is 0 Å². The molecule has 0 saturated carbocycles. The summed E-state index contributed by atoms with van der Waals surface area (Å²) in [6, 6.07) is 4.89. The summed E-state index contributed by atoms with van der Waals surface area (Å²) in [5.74, 6) is 0.401. The number of nitrogens with zero attached hydrogens (tertiary/aromatic N) is 6. The SMILES string of the molecule is CC(C)c1nnc(N2CCc3[nH]cnc3[C@H]2c2cc3c(F)cccn3n2)o1. The molecule has 0 saturated heterocycles. The van der Waals surface area contributed by atoms with E-state index in [1.165, 1.54) is 10.6 Å². The second-order valence-electron chi connectivity index (χ2n) is 6.94. The molecule has 1 aliphatic heterocycles. The number of halogens is 1. The number of pyridine rings is 1. The fourth-order valence-corrected chi connectivity index (χ4v) is 3.49. The second kappa shape index (κ2) is 5.90. The minimum Gasteiger partial charge on any atom is -0.408 e. The molecule has 27 heavy (non-hydrogen) atoms. The molecular formula is C18H18FN7O. The Hall–Kier alpha value is -3.23. The maximum Gasteiger partial charge on any atom is 0.319 e. The Morgan fingerprint density at radius 1 is 1.33 bits per heavy atom. The summed E-state index contributed by atoms with van der Waals surface area (Å²) in [5, 5.41) is 13.0. The van der Waals surface area contributed by atoms with Gasteiger partial charge < -0.3 is 14.3 Å². The lowest BCUT2D eigenvalue weighted by Crippen LogP contribution is -2.36. The molecule has 1 aliphatic rings. The van der Waals surface area contributed by atoms with E-state index in [9.17, 15) is 4.39 Å². The Bertz CT molecular complexity index is 1110. The zero-order valence-corrected chi connectivity index (χ0v) is 14.9. The van der Waals surface area contributed by atoms with Gasteiger partial charge in [-0.25, -0.2) is 13.9 Å². The minimum absolute atomic E-state index is 0.139. The molecule has 5 rings (SSSR count). The van der Waals surface area contributed by atoms with Crippen molar-refractivity contribution >= 4 is 11.5 Å². The summed E-state index contributed by atoms with van der Waals surface area (Å²) >= 11 is 0. The number of hydrogen-bond acceptors (Lipinski definition) is 6. The van der Waals surface area contributed by atoms with E-state index in [0.29, 0.717) is 29.7 Å². The molecule has 0 aromatic carbocycles. The van der Waals surface area contributed by atoms with Gasteiger partial charge in [0.2, 0.25) is 5.89 Å². The first-order valence-corrected chi connectivity index (χ1v) is 8.88. The molecule has 0 radical (unpaired) electrons. The van der Waals surface area contributed by atoms with Crippen molar-refractivity contribution in [1.29, 1.82) is 0 Å². The monoisotopic (exact) mass is 367 g/mol. The van der Waals surface area contributed by atoms with E-state index >= 15 is 0 Å². The molecule has 0 unspecified atom stereocenters. The van der Waals surface area contributed by atoms with Crippen LogP contribution in [0.15, 0.2) is 35.1 Å². The number of anilines is 1. The second-order valence-corrected chi connectivity index (χ2v) is 6.94. The Morgan fingerprint density at radius 2 is 2.22 bits per heavy atom. The molecule has 0 aliphatic carbocycles. The molecular weight excluding hydrogens is 349 g/mol. The van der Waals surface area contributed by atoms with E-state index in [4.69, 9.17) is 4.42 Å². The number of aromatic amines is 1. The lowest BCUT2D eigenvalue weighted by atomic mass is 10.0. The van der Waals surface area contributed by atoms with Crippen LogP contribution in [0.2, 0.25) is 0 Å². The summed E-state index contributed by atoms with van der Waals surface area (Å²) in [7, 11) is 0. The Kier molecular flexibility index (Phi) is 3.49. The van der Waals surface area contributed by atoms with Gasteiger partial charge in [-0.3, -0.25) is 0 Å². The molecule has 1 N–H and O–H groups in total. The van der Waals surface area contributed by atoms with Gasteiger partial charge in [0.15, 0.2) is 0 Å². The summed E-state index contributed by atoms with van der Waals surface area (Å²) in [4.78, 5) is 9.67. The van der Waals surface area contributed by atoms with E-state index in [1.807, 2.05) is 18.7 Å². The number of hydrogen-bond donors (Lipinski definition) is 1. The maximum absolute atomic E-state index is 14.2. The largest absolute Gasteiger partial charge is 0.408 e. The summed E-state index contributed by atoms with van der Waals surface area (Å²) < 4.78 is 21.6. The fraction of sp³-hybridized carbons (Fsp3) is 0.333. The zero-order chi connectivity index (χ0) is 18.5. The standard InChI is InChI=1S/C18H18FN7O/c1-10(2)17-22-23-18(27-17)25-7-5-12-15(21-9-20-12)16(25)13-8-14-11(19)4-3-6-26(14)24-13/h3-4,6,8-10,16H,5,7H2,1-2H3,(H,20,21)/t16-/m1/s1. The first kappa shape index (κ1) is 16.0. The van der Waals surface area contributed by atoms with Gasteiger partial charge in [0.05, 0.1) is 17.7 Å². The van der Waals surface area contributed by atoms with Crippen LogP contribution in [0, 0.1) is 5.82 Å². The Morgan fingerprint density at radius 3 is 3.00 bits per heavy atom. The highest BCUT2D eigenvalue weighted by Gasteiger charge is 2.36. The number of rotatable bonds is 3. The lowest BCUT2D eigenvalue weighted by molar-refractivity contribution is 0.446. The van der Waals surface area contributed by atoms with Gasteiger partial charge in [-0.15, -0.1) is 5.10 Å². The van der Waals surface area contributed by atoms with E-state index in [2.05, 4.69) is 25.3 Å². The van der Waals surface area contributed by atoms with Crippen LogP contribution in [0.3, 0.4) is 0 Å². The van der Waals surface area contributed by atoms with Crippen LogP contribution >= 0.6 is 0 Å². The van der Waals surface area contributed by atoms with Gasteiger partial charge in [-0.2, -0.15) is 5.10 Å². The summed E-state index contributed by atoms with van der Waals surface area (Å²) in [6.45, 7) is 4.67. The van der Waals surface area contributed by atoms with Crippen molar-refractivity contribution < 1.29 is 8.81 Å². The highest BCUT2D eigenvalue weighted by molar-refractivity contribution is 5.52. The average Bonchev–Trinajstić information content (AvgIpc) is 3.39. The van der Waals surface area contributed by atoms with Crippen LogP contribution in [0.5, 0.6) is 0 Å². The van der Waals surface area contributed by atoms with Crippen LogP contribution < -0.4 is 4.90 Å². The third kappa shape index (κ3) is 2.49. The Labute approximate surface area is 154 Å². The third-order valence-corrected chi connectivity index (χ3v) is 4.84. The van der Waals surface area contributed by atoms with Crippen molar-refractivity contribution in [3.8, 4) is 0 Å². The van der Waals surface area contributed by atoms with Crippen molar-refractivity contribution in [3.05, 3.63) is 59.5 Å². The number of fused-ring (bicyclic) bond motifs is 2. The molecule has 4 aromatic heterocycles.